The van der Waals surface area contributed by atoms with E-state index in [0.29, 0.717) is 23.4 Å². The number of benzene rings is 2. The first-order chi connectivity index (χ1) is 14.7. The molecule has 2 aromatic carbocycles. The zero-order valence-corrected chi connectivity index (χ0v) is 17.5. The molecule has 0 saturated heterocycles. The van der Waals surface area contributed by atoms with E-state index >= 15 is 0 Å². The van der Waals surface area contributed by atoms with Crippen molar-refractivity contribution in [2.75, 3.05) is 0 Å². The van der Waals surface area contributed by atoms with Crippen LogP contribution in [0.25, 0.3) is 0 Å². The number of hydrogen-bond donors (Lipinski definition) is 2. The Morgan fingerprint density at radius 1 is 1.03 bits per heavy atom. The smallest absolute Gasteiger partial charge is 0.352 e. The van der Waals surface area contributed by atoms with Gasteiger partial charge in [-0.15, -0.1) is 0 Å². The number of halogens is 4. The van der Waals surface area contributed by atoms with Crippen molar-refractivity contribution in [3.63, 3.8) is 0 Å². The molecule has 0 bridgehead atoms. The zero-order chi connectivity index (χ0) is 22.4. The van der Waals surface area contributed by atoms with Gasteiger partial charge in [0.15, 0.2) is 0 Å². The molecule has 4 nitrogen and oxygen atoms in total. The van der Waals surface area contributed by atoms with Crippen molar-refractivity contribution in [2.24, 2.45) is 5.92 Å². The van der Waals surface area contributed by atoms with E-state index in [4.69, 9.17) is 11.6 Å². The van der Waals surface area contributed by atoms with E-state index < -0.39 is 36.0 Å². The van der Waals surface area contributed by atoms with Crippen LogP contribution in [0.3, 0.4) is 0 Å². The van der Waals surface area contributed by atoms with E-state index in [-0.39, 0.29) is 19.3 Å². The molecule has 0 heterocycles. The van der Waals surface area contributed by atoms with Gasteiger partial charge in [0.2, 0.25) is 5.91 Å². The number of hydrogen-bond acceptors (Lipinski definition) is 2. The van der Waals surface area contributed by atoms with Gasteiger partial charge in [-0.05, 0) is 49.1 Å². The van der Waals surface area contributed by atoms with Crippen LogP contribution in [0.5, 0.6) is 0 Å². The van der Waals surface area contributed by atoms with Crippen molar-refractivity contribution in [1.82, 2.24) is 10.6 Å². The van der Waals surface area contributed by atoms with Gasteiger partial charge in [0.1, 0.15) is 6.04 Å². The fourth-order valence-electron chi connectivity index (χ4n) is 3.82. The van der Waals surface area contributed by atoms with Crippen molar-refractivity contribution in [1.29, 1.82) is 0 Å². The summed E-state index contributed by atoms with van der Waals surface area (Å²) in [4.78, 5) is 25.6. The van der Waals surface area contributed by atoms with Gasteiger partial charge in [-0.3, -0.25) is 9.59 Å². The van der Waals surface area contributed by atoms with Gasteiger partial charge in [-0.2, -0.15) is 13.2 Å². The molecule has 1 saturated carbocycles. The highest BCUT2D eigenvalue weighted by molar-refractivity contribution is 6.30. The van der Waals surface area contributed by atoms with Crippen molar-refractivity contribution in [2.45, 2.75) is 50.4 Å². The molecule has 0 radical (unpaired) electrons. The van der Waals surface area contributed by atoms with Crippen LogP contribution < -0.4 is 10.6 Å². The van der Waals surface area contributed by atoms with Gasteiger partial charge in [0, 0.05) is 23.0 Å². The quantitative estimate of drug-likeness (QED) is 0.653. The van der Waals surface area contributed by atoms with Crippen LogP contribution in [-0.2, 0) is 11.2 Å². The number of alkyl halides is 3. The molecule has 2 aromatic rings. The normalized spacial score (nSPS) is 20.0. The van der Waals surface area contributed by atoms with E-state index in [2.05, 4.69) is 10.6 Å². The van der Waals surface area contributed by atoms with Crippen LogP contribution in [0.15, 0.2) is 54.6 Å². The van der Waals surface area contributed by atoms with E-state index in [0.717, 1.165) is 5.56 Å². The van der Waals surface area contributed by atoms with Gasteiger partial charge < -0.3 is 10.6 Å². The van der Waals surface area contributed by atoms with Crippen LogP contribution in [0, 0.1) is 5.92 Å². The van der Waals surface area contributed by atoms with Crippen molar-refractivity contribution in [3.8, 4) is 0 Å². The van der Waals surface area contributed by atoms with Gasteiger partial charge in [-0.25, -0.2) is 0 Å². The molecule has 1 fully saturated rings. The minimum absolute atomic E-state index is 0.0800. The van der Waals surface area contributed by atoms with Crippen molar-refractivity contribution < 1.29 is 22.8 Å². The van der Waals surface area contributed by atoms with Crippen LogP contribution in [-0.4, -0.2) is 30.1 Å². The lowest BCUT2D eigenvalue weighted by Crippen LogP contribution is -2.52. The molecule has 166 valence electrons. The Bertz CT molecular complexity index is 888. The third-order valence-corrected chi connectivity index (χ3v) is 5.75. The SMILES string of the molecule is O=C(NC(Cc1ccccc1)C(=O)NC1CCCC(C(F)(F)F)C1)c1ccc(Cl)cc1. The first kappa shape index (κ1) is 23.1. The van der Waals surface area contributed by atoms with E-state index in [9.17, 15) is 22.8 Å². The summed E-state index contributed by atoms with van der Waals surface area (Å²) in [6.07, 6.45) is -3.22. The van der Waals surface area contributed by atoms with Gasteiger partial charge >= 0.3 is 6.18 Å². The van der Waals surface area contributed by atoms with Crippen molar-refractivity contribution >= 4 is 23.4 Å². The molecule has 2 N–H and O–H groups in total. The lowest BCUT2D eigenvalue weighted by atomic mass is 9.85. The van der Waals surface area contributed by atoms with Crippen LogP contribution in [0.1, 0.15) is 41.6 Å². The second-order valence-corrected chi connectivity index (χ2v) is 8.27. The first-order valence-electron chi connectivity index (χ1n) is 10.2. The Kier molecular flexibility index (Phi) is 7.59. The summed E-state index contributed by atoms with van der Waals surface area (Å²) in [6, 6.07) is 13.9. The monoisotopic (exact) mass is 452 g/mol. The number of rotatable bonds is 6. The molecular formula is C23H24ClF3N2O2. The fourth-order valence-corrected chi connectivity index (χ4v) is 3.95. The summed E-state index contributed by atoms with van der Waals surface area (Å²) in [5.74, 6) is -2.36. The molecule has 3 rings (SSSR count). The highest BCUT2D eigenvalue weighted by Gasteiger charge is 2.42. The summed E-state index contributed by atoms with van der Waals surface area (Å²) in [6.45, 7) is 0. The van der Waals surface area contributed by atoms with Crippen LogP contribution in [0.4, 0.5) is 13.2 Å². The Morgan fingerprint density at radius 3 is 2.35 bits per heavy atom. The largest absolute Gasteiger partial charge is 0.391 e. The molecule has 0 aliphatic heterocycles. The fraction of sp³-hybridized carbons (Fsp3) is 0.391. The molecule has 0 aromatic heterocycles. The molecule has 1 aliphatic rings. The molecule has 8 heteroatoms. The molecule has 0 spiro atoms. The van der Waals surface area contributed by atoms with E-state index in [1.165, 1.54) is 0 Å². The Labute approximate surface area is 184 Å². The average Bonchev–Trinajstić information content (AvgIpc) is 2.74. The summed E-state index contributed by atoms with van der Waals surface area (Å²) in [5, 5.41) is 5.93. The highest BCUT2D eigenvalue weighted by Crippen LogP contribution is 2.37. The molecule has 2 amide bonds. The lowest BCUT2D eigenvalue weighted by Gasteiger charge is -2.32. The maximum atomic E-state index is 13.1. The van der Waals surface area contributed by atoms with Crippen molar-refractivity contribution in [3.05, 3.63) is 70.7 Å². The second kappa shape index (κ2) is 10.2. The average molecular weight is 453 g/mol. The number of nitrogens with one attached hydrogen (secondary N) is 2. The lowest BCUT2D eigenvalue weighted by molar-refractivity contribution is -0.184. The van der Waals surface area contributed by atoms with E-state index in [1.54, 1.807) is 24.3 Å². The molecule has 3 unspecified atom stereocenters. The third-order valence-electron chi connectivity index (χ3n) is 5.49. The number of amides is 2. The standard InChI is InChI=1S/C23H24ClF3N2O2/c24-18-11-9-16(10-12-18)21(30)29-20(13-15-5-2-1-3-6-15)22(31)28-19-8-4-7-17(14-19)23(25,26)27/h1-3,5-6,9-12,17,19-20H,4,7-8,13-14H2,(H,28,31)(H,29,30). The minimum atomic E-state index is -4.27. The highest BCUT2D eigenvalue weighted by atomic mass is 35.5. The molecule has 1 aliphatic carbocycles. The topological polar surface area (TPSA) is 58.2 Å². The predicted molar refractivity (Wildman–Crippen MR) is 113 cm³/mol. The molecular weight excluding hydrogens is 429 g/mol. The Hall–Kier alpha value is -2.54. The summed E-state index contributed by atoms with van der Waals surface area (Å²) < 4.78 is 39.3. The third kappa shape index (κ3) is 6.72. The van der Waals surface area contributed by atoms with Gasteiger partial charge in [0.05, 0.1) is 5.92 Å². The van der Waals surface area contributed by atoms with Gasteiger partial charge in [0.25, 0.3) is 5.91 Å². The predicted octanol–water partition coefficient (Wildman–Crippen LogP) is 4.92. The Balaban J connectivity index is 1.71. The Morgan fingerprint density at radius 2 is 1.71 bits per heavy atom. The molecule has 31 heavy (non-hydrogen) atoms. The number of carbonyl (C=O) groups is 2. The number of carbonyl (C=O) groups excluding carboxylic acids is 2. The van der Waals surface area contributed by atoms with E-state index in [1.807, 2.05) is 30.3 Å². The molecule has 3 atom stereocenters. The van der Waals surface area contributed by atoms with Gasteiger partial charge in [-0.1, -0.05) is 48.4 Å². The maximum absolute atomic E-state index is 13.1. The second-order valence-electron chi connectivity index (χ2n) is 7.83. The zero-order valence-electron chi connectivity index (χ0n) is 16.8. The minimum Gasteiger partial charge on any atom is -0.352 e. The maximum Gasteiger partial charge on any atom is 0.391 e. The summed E-state index contributed by atoms with van der Waals surface area (Å²) >= 11 is 5.86. The first-order valence-corrected chi connectivity index (χ1v) is 10.6. The summed E-state index contributed by atoms with van der Waals surface area (Å²) in [5.41, 5.74) is 1.17. The van der Waals surface area contributed by atoms with Crippen LogP contribution >= 0.6 is 11.6 Å². The summed E-state index contributed by atoms with van der Waals surface area (Å²) in [7, 11) is 0. The van der Waals surface area contributed by atoms with Crippen LogP contribution in [0.2, 0.25) is 5.02 Å².